The van der Waals surface area contributed by atoms with E-state index in [9.17, 15) is 10.2 Å². The summed E-state index contributed by atoms with van der Waals surface area (Å²) in [7, 11) is 0. The van der Waals surface area contributed by atoms with E-state index >= 15 is 0 Å². The molecule has 2 unspecified atom stereocenters. The van der Waals surface area contributed by atoms with Gasteiger partial charge in [0.1, 0.15) is 5.75 Å². The van der Waals surface area contributed by atoms with Gasteiger partial charge in [0, 0.05) is 25.7 Å². The second-order valence-corrected chi connectivity index (χ2v) is 19.7. The third kappa shape index (κ3) is 6.57. The van der Waals surface area contributed by atoms with E-state index in [1.165, 1.54) is 81.8 Å². The van der Waals surface area contributed by atoms with E-state index in [4.69, 9.17) is 16.1 Å². The highest BCUT2D eigenvalue weighted by Crippen LogP contribution is 2.77. The van der Waals surface area contributed by atoms with E-state index in [1.54, 1.807) is 12.1 Å². The second-order valence-electron chi connectivity index (χ2n) is 19.7. The molecule has 7 rings (SSSR count). The molecule has 0 aromatic heterocycles. The number of rotatable bonds is 12. The van der Waals surface area contributed by atoms with E-state index in [-0.39, 0.29) is 23.7 Å². The van der Waals surface area contributed by atoms with E-state index in [1.807, 2.05) is 12.1 Å². The van der Waals surface area contributed by atoms with Gasteiger partial charge in [0.15, 0.2) is 6.29 Å². The summed E-state index contributed by atoms with van der Waals surface area (Å²) in [6, 6.07) is 8.13. The summed E-state index contributed by atoms with van der Waals surface area (Å²) in [5, 5.41) is 26.9. The number of benzene rings is 1. The zero-order chi connectivity index (χ0) is 36.1. The van der Waals surface area contributed by atoms with Crippen LogP contribution in [0.4, 0.5) is 0 Å². The van der Waals surface area contributed by atoms with Crippen LogP contribution in [0.5, 0.6) is 5.75 Å². The number of hydrogen-bond acceptors (Lipinski definition) is 6. The van der Waals surface area contributed by atoms with Crippen LogP contribution in [-0.2, 0) is 15.9 Å². The lowest BCUT2D eigenvalue weighted by atomic mass is 9.32. The molecule has 1 saturated heterocycles. The van der Waals surface area contributed by atoms with Gasteiger partial charge >= 0.3 is 0 Å². The molecule has 0 bridgehead atoms. The van der Waals surface area contributed by atoms with Gasteiger partial charge in [0.2, 0.25) is 0 Å². The van der Waals surface area contributed by atoms with Crippen LogP contribution in [0.3, 0.4) is 0 Å². The smallest absolute Gasteiger partial charge is 0.157 e. The lowest BCUT2D eigenvalue weighted by molar-refractivity contribution is -0.250. The van der Waals surface area contributed by atoms with E-state index < -0.39 is 0 Å². The average molecular weight is 705 g/mol. The zero-order valence-electron chi connectivity index (χ0n) is 32.9. The summed E-state index contributed by atoms with van der Waals surface area (Å²) in [6.45, 7) is 22.6. The van der Waals surface area contributed by atoms with Crippen molar-refractivity contribution >= 4 is 0 Å². The number of phenolic OH excluding ortho intramolecular Hbond substituents is 1. The normalized spacial score (nSPS) is 43.1. The number of hydrogen-bond donors (Lipinski definition) is 4. The van der Waals surface area contributed by atoms with Crippen LogP contribution in [0.25, 0.3) is 0 Å². The SMILES string of the molecule is C=C(CNCCc1ccc(O)cc1)[C@@H]1CC[C@]2(COC3CCCCO3)CC[C@]3(C)[C@H](CC[C@@H]4[C@@]5(C)CCC(NCCO)C(C)(C)[C@@H]5CC[C@]43C)[C@@H]12. The Morgan fingerprint density at radius 2 is 1.67 bits per heavy atom. The second kappa shape index (κ2) is 14.7. The summed E-state index contributed by atoms with van der Waals surface area (Å²) < 4.78 is 12.9. The van der Waals surface area contributed by atoms with Gasteiger partial charge in [-0.3, -0.25) is 0 Å². The number of aliphatic hydroxyl groups excluding tert-OH is 1. The molecule has 1 aromatic carbocycles. The van der Waals surface area contributed by atoms with E-state index in [2.05, 4.69) is 45.3 Å². The molecule has 1 heterocycles. The fraction of sp³-hybridized carbons (Fsp3) is 0.822. The quantitative estimate of drug-likeness (QED) is 0.129. The Morgan fingerprint density at radius 3 is 2.41 bits per heavy atom. The fourth-order valence-corrected chi connectivity index (χ4v) is 14.4. The van der Waals surface area contributed by atoms with Crippen molar-refractivity contribution in [3.05, 3.63) is 42.0 Å². The maximum atomic E-state index is 9.70. The van der Waals surface area contributed by atoms with Crippen molar-refractivity contribution in [1.29, 1.82) is 0 Å². The third-order valence-corrected chi connectivity index (χ3v) is 17.2. The van der Waals surface area contributed by atoms with Gasteiger partial charge in [0.05, 0.1) is 13.2 Å². The van der Waals surface area contributed by atoms with Crippen molar-refractivity contribution in [1.82, 2.24) is 10.6 Å². The summed E-state index contributed by atoms with van der Waals surface area (Å²) >= 11 is 0. The molecule has 6 fully saturated rings. The van der Waals surface area contributed by atoms with Crippen molar-refractivity contribution in [3.63, 3.8) is 0 Å². The highest BCUT2D eigenvalue weighted by molar-refractivity contribution is 5.26. The minimum absolute atomic E-state index is 0.0280. The van der Waals surface area contributed by atoms with Crippen LogP contribution in [0.2, 0.25) is 0 Å². The molecule has 0 spiro atoms. The van der Waals surface area contributed by atoms with Gasteiger partial charge in [-0.15, -0.1) is 0 Å². The predicted octanol–water partition coefficient (Wildman–Crippen LogP) is 8.66. The molecule has 51 heavy (non-hydrogen) atoms. The standard InChI is InChI=1S/C45H72N2O4/c1-31(29-46-25-19-32-10-12-33(49)13-11-32)34-16-22-45(30-51-39-9-7-8-28-50-39)24-23-43(5)35(40(34)45)14-15-37-42(4)20-18-38(47-26-27-48)41(2,3)36(42)17-21-44(37,43)6/h10-13,34-40,46-49H,1,7-9,14-30H2,2-6H3/t34-,35+,36-,37+,38?,39?,40+,42-,43+,44+,45+/m0/s1. The van der Waals surface area contributed by atoms with Crippen molar-refractivity contribution in [3.8, 4) is 5.75 Å². The van der Waals surface area contributed by atoms with Gasteiger partial charge in [-0.2, -0.15) is 0 Å². The van der Waals surface area contributed by atoms with Crippen LogP contribution >= 0.6 is 0 Å². The average Bonchev–Trinajstić information content (AvgIpc) is 3.50. The number of phenols is 1. The largest absolute Gasteiger partial charge is 0.508 e. The highest BCUT2D eigenvalue weighted by atomic mass is 16.7. The summed E-state index contributed by atoms with van der Waals surface area (Å²) in [4.78, 5) is 0. The number of ether oxygens (including phenoxy) is 2. The minimum Gasteiger partial charge on any atom is -0.508 e. The zero-order valence-corrected chi connectivity index (χ0v) is 32.9. The van der Waals surface area contributed by atoms with E-state index in [0.717, 1.165) is 51.5 Å². The third-order valence-electron chi connectivity index (χ3n) is 17.2. The lowest BCUT2D eigenvalue weighted by Gasteiger charge is -2.73. The summed E-state index contributed by atoms with van der Waals surface area (Å²) in [6.07, 6.45) is 17.3. The van der Waals surface area contributed by atoms with Crippen molar-refractivity contribution in [2.75, 3.05) is 39.5 Å². The topological polar surface area (TPSA) is 83.0 Å². The number of aromatic hydroxyl groups is 1. The lowest BCUT2D eigenvalue weighted by Crippen LogP contribution is -2.67. The monoisotopic (exact) mass is 705 g/mol. The molecular weight excluding hydrogens is 633 g/mol. The molecule has 11 atom stereocenters. The summed E-state index contributed by atoms with van der Waals surface area (Å²) in [5.74, 6) is 3.64. The van der Waals surface area contributed by atoms with Crippen molar-refractivity contribution in [2.45, 2.75) is 137 Å². The van der Waals surface area contributed by atoms with Crippen LogP contribution in [0.1, 0.15) is 124 Å². The van der Waals surface area contributed by atoms with Gasteiger partial charge in [-0.1, -0.05) is 58.9 Å². The Kier molecular flexibility index (Phi) is 10.9. The summed E-state index contributed by atoms with van der Waals surface area (Å²) in [5.41, 5.74) is 4.10. The number of nitrogens with one attached hydrogen (secondary N) is 2. The first-order valence-corrected chi connectivity index (χ1v) is 21.1. The maximum Gasteiger partial charge on any atom is 0.157 e. The molecule has 6 heteroatoms. The van der Waals surface area contributed by atoms with Crippen LogP contribution < -0.4 is 10.6 Å². The van der Waals surface area contributed by atoms with Crippen molar-refractivity contribution < 1.29 is 19.7 Å². The van der Waals surface area contributed by atoms with Gasteiger partial charge in [-0.05, 0) is 171 Å². The minimum atomic E-state index is -0.0280. The molecule has 286 valence electrons. The number of fused-ring (bicyclic) bond motifs is 7. The first-order chi connectivity index (χ1) is 24.4. The molecule has 0 amide bonds. The Bertz CT molecular complexity index is 1360. The molecule has 5 saturated carbocycles. The predicted molar refractivity (Wildman–Crippen MR) is 206 cm³/mol. The molecule has 6 nitrogen and oxygen atoms in total. The molecule has 1 aliphatic heterocycles. The first-order valence-electron chi connectivity index (χ1n) is 21.1. The molecule has 5 aliphatic carbocycles. The first kappa shape index (κ1) is 37.9. The van der Waals surface area contributed by atoms with Gasteiger partial charge in [0.25, 0.3) is 0 Å². The highest BCUT2D eigenvalue weighted by Gasteiger charge is 2.71. The molecule has 4 N–H and O–H groups in total. The van der Waals surface area contributed by atoms with E-state index in [0.29, 0.717) is 58.3 Å². The Balaban J connectivity index is 1.12. The molecule has 0 radical (unpaired) electrons. The fourth-order valence-electron chi connectivity index (χ4n) is 14.4. The Labute approximate surface area is 310 Å². The van der Waals surface area contributed by atoms with Crippen LogP contribution in [0.15, 0.2) is 36.4 Å². The Hall–Kier alpha value is -1.44. The molecule has 1 aromatic rings. The number of aliphatic hydroxyl groups is 1. The molecule has 6 aliphatic rings. The van der Waals surface area contributed by atoms with Gasteiger partial charge < -0.3 is 30.3 Å². The van der Waals surface area contributed by atoms with Gasteiger partial charge in [-0.25, -0.2) is 0 Å². The molecular formula is C45H72N2O4. The van der Waals surface area contributed by atoms with Crippen molar-refractivity contribution in [2.24, 2.45) is 56.7 Å². The maximum absolute atomic E-state index is 9.70. The van der Waals surface area contributed by atoms with Crippen LogP contribution in [0, 0.1) is 56.7 Å². The Morgan fingerprint density at radius 1 is 0.863 bits per heavy atom. The van der Waals surface area contributed by atoms with Crippen LogP contribution in [-0.4, -0.2) is 62.0 Å².